The standard InChI is InChI=1S/C27H31N5O3/c1-16(2)32-23-15-21(35-26-29-13-4-14-30-26)11-12-22(23)24(28)25(32)19-7-9-20(10-8-19)31-27(33)34-17(3)18-5-6-18/h4,7-18,24-25H,5-6,28H2,1-3H3,(H,31,33)/t17-,24?,25?/m1/s1. The van der Waals surface area contributed by atoms with E-state index in [0.29, 0.717) is 23.4 Å². The molecule has 2 unspecified atom stereocenters. The summed E-state index contributed by atoms with van der Waals surface area (Å²) in [6.07, 6.45) is 5.09. The number of fused-ring (bicyclic) bond motifs is 1. The molecule has 0 spiro atoms. The SMILES string of the molecule is CC(C)N1c2cc(Oc3ncccn3)ccc2C(N)C1c1ccc(NC(=O)O[C@H](C)C2CC2)cc1. The highest BCUT2D eigenvalue weighted by Crippen LogP contribution is 2.49. The summed E-state index contributed by atoms with van der Waals surface area (Å²) in [5, 5.41) is 2.83. The topological polar surface area (TPSA) is 103 Å². The van der Waals surface area contributed by atoms with Gasteiger partial charge in [-0.25, -0.2) is 14.8 Å². The predicted molar refractivity (Wildman–Crippen MR) is 135 cm³/mol. The number of benzene rings is 2. The Balaban J connectivity index is 1.34. The van der Waals surface area contributed by atoms with E-state index in [1.807, 2.05) is 49.4 Å². The van der Waals surface area contributed by atoms with Gasteiger partial charge in [-0.3, -0.25) is 5.32 Å². The average Bonchev–Trinajstić information content (AvgIpc) is 3.65. The molecule has 2 aromatic carbocycles. The highest BCUT2D eigenvalue weighted by atomic mass is 16.6. The van der Waals surface area contributed by atoms with Gasteiger partial charge in [0.2, 0.25) is 0 Å². The Labute approximate surface area is 205 Å². The number of nitrogens with zero attached hydrogens (tertiary/aromatic N) is 3. The Morgan fingerprint density at radius 3 is 2.46 bits per heavy atom. The van der Waals surface area contributed by atoms with Crippen LogP contribution in [0.5, 0.6) is 11.8 Å². The molecule has 182 valence electrons. The second-order valence-corrected chi connectivity index (χ2v) is 9.52. The van der Waals surface area contributed by atoms with Crippen molar-refractivity contribution in [3.63, 3.8) is 0 Å². The van der Waals surface area contributed by atoms with E-state index in [2.05, 4.69) is 34.0 Å². The van der Waals surface area contributed by atoms with E-state index in [1.54, 1.807) is 18.5 Å². The minimum atomic E-state index is -0.416. The van der Waals surface area contributed by atoms with Crippen molar-refractivity contribution in [3.05, 3.63) is 72.1 Å². The summed E-state index contributed by atoms with van der Waals surface area (Å²) in [6.45, 7) is 6.24. The van der Waals surface area contributed by atoms with Crippen molar-refractivity contribution in [1.82, 2.24) is 9.97 Å². The lowest BCUT2D eigenvalue weighted by Crippen LogP contribution is -2.35. The monoisotopic (exact) mass is 473 g/mol. The van der Waals surface area contributed by atoms with Gasteiger partial charge in [0.1, 0.15) is 11.9 Å². The zero-order valence-corrected chi connectivity index (χ0v) is 20.2. The third-order valence-electron chi connectivity index (χ3n) is 6.66. The van der Waals surface area contributed by atoms with Gasteiger partial charge in [0, 0.05) is 35.9 Å². The zero-order valence-electron chi connectivity index (χ0n) is 20.2. The predicted octanol–water partition coefficient (Wildman–Crippen LogP) is 5.59. The fourth-order valence-electron chi connectivity index (χ4n) is 4.74. The number of hydrogen-bond acceptors (Lipinski definition) is 7. The molecule has 2 aliphatic rings. The molecule has 35 heavy (non-hydrogen) atoms. The maximum absolute atomic E-state index is 12.2. The largest absolute Gasteiger partial charge is 0.446 e. The second-order valence-electron chi connectivity index (χ2n) is 9.52. The van der Waals surface area contributed by atoms with Gasteiger partial charge in [0.25, 0.3) is 0 Å². The lowest BCUT2D eigenvalue weighted by atomic mass is 9.97. The Morgan fingerprint density at radius 1 is 1.09 bits per heavy atom. The molecule has 3 aromatic rings. The Kier molecular flexibility index (Phi) is 6.30. The number of anilines is 2. The quantitative estimate of drug-likeness (QED) is 0.461. The van der Waals surface area contributed by atoms with E-state index in [9.17, 15) is 4.79 Å². The van der Waals surface area contributed by atoms with E-state index in [1.165, 1.54) is 0 Å². The smallest absolute Gasteiger partial charge is 0.411 e. The molecule has 1 amide bonds. The van der Waals surface area contributed by atoms with Crippen LogP contribution in [0.2, 0.25) is 0 Å². The first-order valence-corrected chi connectivity index (χ1v) is 12.1. The number of carbonyl (C=O) groups is 1. The van der Waals surface area contributed by atoms with Crippen LogP contribution in [0.1, 0.15) is 56.8 Å². The number of rotatable bonds is 7. The number of amides is 1. The number of nitrogens with two attached hydrogens (primary N) is 1. The summed E-state index contributed by atoms with van der Waals surface area (Å²) >= 11 is 0. The Bertz CT molecular complexity index is 1180. The van der Waals surface area contributed by atoms with Crippen molar-refractivity contribution >= 4 is 17.5 Å². The van der Waals surface area contributed by atoms with Crippen LogP contribution in [0, 0.1) is 5.92 Å². The summed E-state index contributed by atoms with van der Waals surface area (Å²) in [7, 11) is 0. The van der Waals surface area contributed by atoms with Gasteiger partial charge >= 0.3 is 12.1 Å². The van der Waals surface area contributed by atoms with Gasteiger partial charge in [-0.2, -0.15) is 0 Å². The number of aromatic nitrogens is 2. The third-order valence-corrected chi connectivity index (χ3v) is 6.66. The van der Waals surface area contributed by atoms with Crippen LogP contribution in [0.3, 0.4) is 0 Å². The molecule has 8 nitrogen and oxygen atoms in total. The molecule has 5 rings (SSSR count). The van der Waals surface area contributed by atoms with Crippen LogP contribution in [0.15, 0.2) is 60.9 Å². The number of hydrogen-bond donors (Lipinski definition) is 2. The Morgan fingerprint density at radius 2 is 1.80 bits per heavy atom. The molecule has 3 N–H and O–H groups in total. The van der Waals surface area contributed by atoms with Crippen molar-refractivity contribution in [2.45, 2.75) is 57.8 Å². The van der Waals surface area contributed by atoms with E-state index in [-0.39, 0.29) is 24.2 Å². The van der Waals surface area contributed by atoms with E-state index in [4.69, 9.17) is 15.2 Å². The molecular formula is C27H31N5O3. The van der Waals surface area contributed by atoms with Crippen molar-refractivity contribution in [1.29, 1.82) is 0 Å². The highest BCUT2D eigenvalue weighted by molar-refractivity contribution is 5.84. The van der Waals surface area contributed by atoms with Gasteiger partial charge in [-0.05, 0) is 74.9 Å². The summed E-state index contributed by atoms with van der Waals surface area (Å²) in [6, 6.07) is 15.7. The summed E-state index contributed by atoms with van der Waals surface area (Å²) in [4.78, 5) is 22.8. The summed E-state index contributed by atoms with van der Waals surface area (Å²) in [5.74, 6) is 1.16. The van der Waals surface area contributed by atoms with Crippen molar-refractivity contribution in [2.24, 2.45) is 11.7 Å². The first-order valence-electron chi connectivity index (χ1n) is 12.1. The molecular weight excluding hydrogens is 442 g/mol. The Hall–Kier alpha value is -3.65. The highest BCUT2D eigenvalue weighted by Gasteiger charge is 2.39. The van der Waals surface area contributed by atoms with Crippen LogP contribution in [-0.2, 0) is 4.74 Å². The molecule has 8 heteroatoms. The number of nitrogens with one attached hydrogen (secondary N) is 1. The molecule has 1 saturated carbocycles. The van der Waals surface area contributed by atoms with Crippen LogP contribution in [0.25, 0.3) is 0 Å². The molecule has 3 atom stereocenters. The molecule has 0 radical (unpaired) electrons. The fraction of sp³-hybridized carbons (Fsp3) is 0.370. The van der Waals surface area contributed by atoms with Gasteiger partial charge in [0.15, 0.2) is 0 Å². The molecule has 1 aromatic heterocycles. The van der Waals surface area contributed by atoms with Crippen molar-refractivity contribution < 1.29 is 14.3 Å². The maximum Gasteiger partial charge on any atom is 0.411 e. The van der Waals surface area contributed by atoms with Crippen LogP contribution < -0.4 is 20.7 Å². The molecule has 0 saturated heterocycles. The molecule has 1 aliphatic heterocycles. The van der Waals surface area contributed by atoms with Gasteiger partial charge in [-0.15, -0.1) is 0 Å². The molecule has 2 heterocycles. The molecule has 0 bridgehead atoms. The summed E-state index contributed by atoms with van der Waals surface area (Å²) in [5.41, 5.74) is 10.6. The third kappa shape index (κ3) is 4.93. The molecule has 1 fully saturated rings. The fourth-order valence-corrected chi connectivity index (χ4v) is 4.74. The van der Waals surface area contributed by atoms with Crippen LogP contribution in [-0.4, -0.2) is 28.2 Å². The minimum Gasteiger partial charge on any atom is -0.446 e. The summed E-state index contributed by atoms with van der Waals surface area (Å²) < 4.78 is 11.3. The van der Waals surface area contributed by atoms with E-state index >= 15 is 0 Å². The lowest BCUT2D eigenvalue weighted by Gasteiger charge is -2.33. The van der Waals surface area contributed by atoms with Crippen molar-refractivity contribution in [2.75, 3.05) is 10.2 Å². The zero-order chi connectivity index (χ0) is 24.5. The normalized spacial score (nSPS) is 19.9. The van der Waals surface area contributed by atoms with Gasteiger partial charge in [0.05, 0.1) is 12.1 Å². The first-order chi connectivity index (χ1) is 16.9. The maximum atomic E-state index is 12.2. The van der Waals surface area contributed by atoms with E-state index < -0.39 is 6.09 Å². The number of carbonyl (C=O) groups excluding carboxylic acids is 1. The van der Waals surface area contributed by atoms with Crippen molar-refractivity contribution in [3.8, 4) is 11.8 Å². The van der Waals surface area contributed by atoms with Gasteiger partial charge in [-0.1, -0.05) is 18.2 Å². The molecule has 1 aliphatic carbocycles. The average molecular weight is 474 g/mol. The second kappa shape index (κ2) is 9.54. The minimum absolute atomic E-state index is 0.0498. The lowest BCUT2D eigenvalue weighted by molar-refractivity contribution is 0.108. The number of ether oxygens (including phenoxy) is 2. The first kappa shape index (κ1) is 23.1. The van der Waals surface area contributed by atoms with Crippen LogP contribution in [0.4, 0.5) is 16.2 Å². The van der Waals surface area contributed by atoms with Crippen LogP contribution >= 0.6 is 0 Å². The van der Waals surface area contributed by atoms with Gasteiger partial charge < -0.3 is 20.1 Å². The van der Waals surface area contributed by atoms with E-state index in [0.717, 1.165) is 29.7 Å².